The Morgan fingerprint density at radius 2 is 1.95 bits per heavy atom. The fraction of sp³-hybridized carbons (Fsp3) is 0.562. The summed E-state index contributed by atoms with van der Waals surface area (Å²) in [5, 5.41) is 11.0. The van der Waals surface area contributed by atoms with Crippen molar-refractivity contribution >= 4 is 17.7 Å². The minimum absolute atomic E-state index is 0.0287. The molecule has 0 spiro atoms. The zero-order valence-electron chi connectivity index (χ0n) is 12.7. The summed E-state index contributed by atoms with van der Waals surface area (Å²) in [7, 11) is 0. The third-order valence-electron chi connectivity index (χ3n) is 3.53. The van der Waals surface area contributed by atoms with Gasteiger partial charge >= 0.3 is 6.09 Å². The van der Waals surface area contributed by atoms with Crippen LogP contribution in [0.15, 0.2) is 24.3 Å². The van der Waals surface area contributed by atoms with Crippen LogP contribution in [0.2, 0.25) is 5.02 Å². The number of nitrogens with zero attached hydrogens (tertiary/aromatic N) is 1. The summed E-state index contributed by atoms with van der Waals surface area (Å²) in [6.45, 7) is 6.38. The number of carbonyl (C=O) groups excluding carboxylic acids is 1. The summed E-state index contributed by atoms with van der Waals surface area (Å²) in [5.41, 5.74) is 0.533. The predicted molar refractivity (Wildman–Crippen MR) is 82.6 cm³/mol. The molecule has 1 aliphatic heterocycles. The minimum atomic E-state index is -0.590. The molecule has 1 heterocycles. The Labute approximate surface area is 130 Å². The molecule has 1 aromatic rings. The Hall–Kier alpha value is -1.26. The van der Waals surface area contributed by atoms with Crippen molar-refractivity contribution in [3.8, 4) is 0 Å². The van der Waals surface area contributed by atoms with E-state index in [-0.39, 0.29) is 12.0 Å². The zero-order valence-corrected chi connectivity index (χ0v) is 13.4. The maximum Gasteiger partial charge on any atom is 0.410 e. The number of piperidine rings is 1. The van der Waals surface area contributed by atoms with Gasteiger partial charge in [0.15, 0.2) is 0 Å². The molecule has 1 fully saturated rings. The van der Waals surface area contributed by atoms with Gasteiger partial charge in [-0.25, -0.2) is 4.79 Å². The van der Waals surface area contributed by atoms with Gasteiger partial charge in [0, 0.05) is 17.5 Å². The van der Waals surface area contributed by atoms with Crippen LogP contribution in [0.25, 0.3) is 0 Å². The lowest BCUT2D eigenvalue weighted by Gasteiger charge is -2.36. The second kappa shape index (κ2) is 6.24. The lowest BCUT2D eigenvalue weighted by Crippen LogP contribution is -2.47. The second-order valence-electron chi connectivity index (χ2n) is 6.44. The van der Waals surface area contributed by atoms with Crippen molar-refractivity contribution in [2.24, 2.45) is 0 Å². The van der Waals surface area contributed by atoms with Gasteiger partial charge in [-0.05, 0) is 44.9 Å². The first-order valence-electron chi connectivity index (χ1n) is 7.18. The molecule has 0 aliphatic carbocycles. The molecule has 0 aromatic heterocycles. The zero-order chi connectivity index (χ0) is 15.6. The number of aliphatic hydroxyl groups excluding tert-OH is 1. The van der Waals surface area contributed by atoms with Crippen molar-refractivity contribution in [2.75, 3.05) is 13.1 Å². The molecule has 2 atom stereocenters. The molecule has 0 saturated carbocycles. The van der Waals surface area contributed by atoms with E-state index in [9.17, 15) is 9.90 Å². The van der Waals surface area contributed by atoms with E-state index in [0.717, 1.165) is 5.56 Å². The molecular formula is C16H22ClNO3. The van der Waals surface area contributed by atoms with Gasteiger partial charge in [0.2, 0.25) is 0 Å². The third kappa shape index (κ3) is 4.35. The molecule has 1 aliphatic rings. The molecule has 116 valence electrons. The smallest absolute Gasteiger partial charge is 0.410 e. The summed E-state index contributed by atoms with van der Waals surface area (Å²) >= 11 is 5.88. The van der Waals surface area contributed by atoms with Crippen LogP contribution in [-0.2, 0) is 4.74 Å². The van der Waals surface area contributed by atoms with E-state index < -0.39 is 11.7 Å². The highest BCUT2D eigenvalue weighted by molar-refractivity contribution is 6.30. The van der Waals surface area contributed by atoms with Crippen LogP contribution >= 0.6 is 11.6 Å². The maximum atomic E-state index is 12.0. The molecule has 1 aromatic carbocycles. The molecule has 0 radical (unpaired) electrons. The van der Waals surface area contributed by atoms with Crippen LogP contribution < -0.4 is 0 Å². The van der Waals surface area contributed by atoms with E-state index in [2.05, 4.69) is 0 Å². The first-order chi connectivity index (χ1) is 9.76. The second-order valence-corrected chi connectivity index (χ2v) is 6.88. The van der Waals surface area contributed by atoms with E-state index >= 15 is 0 Å². The highest BCUT2D eigenvalue weighted by Gasteiger charge is 2.33. The van der Waals surface area contributed by atoms with Gasteiger partial charge in [0.25, 0.3) is 0 Å². The highest BCUT2D eigenvalue weighted by atomic mass is 35.5. The molecule has 4 nitrogen and oxygen atoms in total. The standard InChI is InChI=1S/C16H22ClNO3/c1-16(2,3)21-15(20)18-9-8-13(14(19)10-18)11-4-6-12(17)7-5-11/h4-7,13-14,19H,8-10H2,1-3H3. The van der Waals surface area contributed by atoms with Gasteiger partial charge in [0.1, 0.15) is 5.60 Å². The molecule has 1 saturated heterocycles. The Morgan fingerprint density at radius 1 is 1.33 bits per heavy atom. The summed E-state index contributed by atoms with van der Waals surface area (Å²) in [5.74, 6) is 0.0287. The Morgan fingerprint density at radius 3 is 2.48 bits per heavy atom. The van der Waals surface area contributed by atoms with Gasteiger partial charge in [-0.2, -0.15) is 0 Å². The summed E-state index contributed by atoms with van der Waals surface area (Å²) in [4.78, 5) is 13.6. The van der Waals surface area contributed by atoms with Crippen LogP contribution in [0.1, 0.15) is 38.7 Å². The lowest BCUT2D eigenvalue weighted by atomic mass is 9.87. The summed E-state index contributed by atoms with van der Waals surface area (Å²) in [6, 6.07) is 7.51. The van der Waals surface area contributed by atoms with Crippen molar-refractivity contribution in [1.29, 1.82) is 0 Å². The van der Waals surface area contributed by atoms with Gasteiger partial charge in [-0.3, -0.25) is 0 Å². The van der Waals surface area contributed by atoms with Gasteiger partial charge in [0.05, 0.1) is 12.6 Å². The number of ether oxygens (including phenoxy) is 1. The molecular weight excluding hydrogens is 290 g/mol. The number of rotatable bonds is 1. The van der Waals surface area contributed by atoms with Crippen molar-refractivity contribution in [3.05, 3.63) is 34.9 Å². The van der Waals surface area contributed by atoms with Gasteiger partial charge < -0.3 is 14.7 Å². The molecule has 5 heteroatoms. The third-order valence-corrected chi connectivity index (χ3v) is 3.78. The number of hydrogen-bond donors (Lipinski definition) is 1. The van der Waals surface area contributed by atoms with Gasteiger partial charge in [-0.15, -0.1) is 0 Å². The SMILES string of the molecule is CC(C)(C)OC(=O)N1CCC(c2ccc(Cl)cc2)C(O)C1. The summed E-state index contributed by atoms with van der Waals surface area (Å²) in [6.07, 6.45) is -0.245. The molecule has 1 amide bonds. The van der Waals surface area contributed by atoms with Crippen LogP contribution in [0.3, 0.4) is 0 Å². The van der Waals surface area contributed by atoms with Crippen LogP contribution in [0.5, 0.6) is 0 Å². The number of amides is 1. The van der Waals surface area contributed by atoms with Crippen LogP contribution in [0, 0.1) is 0 Å². The average Bonchev–Trinajstić information content (AvgIpc) is 2.38. The molecule has 2 rings (SSSR count). The van der Waals surface area contributed by atoms with E-state index in [4.69, 9.17) is 16.3 Å². The average molecular weight is 312 g/mol. The predicted octanol–water partition coefficient (Wildman–Crippen LogP) is 3.43. The number of β-amino-alcohol motifs (C(OH)–C–C–N with tert-alkyl or cyclic N) is 1. The van der Waals surface area contributed by atoms with E-state index in [1.807, 2.05) is 45.0 Å². The van der Waals surface area contributed by atoms with Crippen molar-refractivity contribution < 1.29 is 14.6 Å². The number of hydrogen-bond acceptors (Lipinski definition) is 3. The van der Waals surface area contributed by atoms with Gasteiger partial charge in [-0.1, -0.05) is 23.7 Å². The fourth-order valence-corrected chi connectivity index (χ4v) is 2.65. The normalized spacial score (nSPS) is 23.0. The number of carbonyl (C=O) groups is 1. The lowest BCUT2D eigenvalue weighted by molar-refractivity contribution is -0.00151. The van der Waals surface area contributed by atoms with Crippen LogP contribution in [0.4, 0.5) is 4.79 Å². The Kier molecular flexibility index (Phi) is 4.79. The topological polar surface area (TPSA) is 49.8 Å². The van der Waals surface area contributed by atoms with Crippen molar-refractivity contribution in [1.82, 2.24) is 4.90 Å². The molecule has 1 N–H and O–H groups in total. The van der Waals surface area contributed by atoms with E-state index in [1.54, 1.807) is 4.90 Å². The largest absolute Gasteiger partial charge is 0.444 e. The first kappa shape index (κ1) is 16.1. The first-order valence-corrected chi connectivity index (χ1v) is 7.55. The Balaban J connectivity index is 1.99. The number of likely N-dealkylation sites (tertiary alicyclic amines) is 1. The number of halogens is 1. The monoisotopic (exact) mass is 311 g/mol. The molecule has 2 unspecified atom stereocenters. The van der Waals surface area contributed by atoms with E-state index in [0.29, 0.717) is 24.5 Å². The maximum absolute atomic E-state index is 12.0. The summed E-state index contributed by atoms with van der Waals surface area (Å²) < 4.78 is 5.34. The minimum Gasteiger partial charge on any atom is -0.444 e. The molecule has 21 heavy (non-hydrogen) atoms. The molecule has 0 bridgehead atoms. The van der Waals surface area contributed by atoms with Crippen molar-refractivity contribution in [2.45, 2.75) is 44.8 Å². The van der Waals surface area contributed by atoms with Crippen molar-refractivity contribution in [3.63, 3.8) is 0 Å². The highest BCUT2D eigenvalue weighted by Crippen LogP contribution is 2.29. The fourth-order valence-electron chi connectivity index (χ4n) is 2.52. The number of aliphatic hydroxyl groups is 1. The van der Waals surface area contributed by atoms with E-state index in [1.165, 1.54) is 0 Å². The quantitative estimate of drug-likeness (QED) is 0.864. The Bertz CT molecular complexity index is 495. The van der Waals surface area contributed by atoms with Crippen LogP contribution in [-0.4, -0.2) is 40.9 Å². The number of benzene rings is 1.